The molecule has 0 saturated carbocycles. The van der Waals surface area contributed by atoms with Gasteiger partial charge in [-0.1, -0.05) is 24.3 Å². The maximum Gasteiger partial charge on any atom is 0.115 e. The van der Waals surface area contributed by atoms with E-state index in [1.165, 1.54) is 17.3 Å². The van der Waals surface area contributed by atoms with Crippen molar-refractivity contribution in [3.05, 3.63) is 35.4 Å². The molecule has 1 heteroatoms. The summed E-state index contributed by atoms with van der Waals surface area (Å²) in [6, 6.07) is 10.6. The largest absolute Gasteiger partial charge is 0.316 e. The average Bonchev–Trinajstić information content (AvgIpc) is 2.54. The highest BCUT2D eigenvalue weighted by Crippen LogP contribution is 2.56. The van der Waals surface area contributed by atoms with Crippen LogP contribution in [0.5, 0.6) is 0 Å². The third-order valence-corrected chi connectivity index (χ3v) is 4.03. The Morgan fingerprint density at radius 3 is 1.92 bits per heavy atom. The van der Waals surface area contributed by atoms with Crippen molar-refractivity contribution in [1.82, 2.24) is 0 Å². The van der Waals surface area contributed by atoms with Crippen LogP contribution in [0.15, 0.2) is 24.3 Å². The maximum absolute atomic E-state index is 2.38. The molecule has 2 heterocycles. The van der Waals surface area contributed by atoms with Gasteiger partial charge in [-0.3, -0.25) is 0 Å². The van der Waals surface area contributed by atoms with Crippen molar-refractivity contribution in [2.45, 2.75) is 24.9 Å². The molecular weight excluding hydrogens is 158 g/mol. The fourth-order valence-electron chi connectivity index (χ4n) is 3.34. The molecule has 3 rings (SSSR count). The Labute approximate surface area is 79.6 Å². The van der Waals surface area contributed by atoms with Gasteiger partial charge >= 0.3 is 0 Å². The van der Waals surface area contributed by atoms with Crippen LogP contribution >= 0.6 is 0 Å². The Hall–Kier alpha value is -0.820. The molecule has 2 bridgehead atoms. The van der Waals surface area contributed by atoms with Crippen LogP contribution in [0, 0.1) is 0 Å². The first-order valence-corrected chi connectivity index (χ1v) is 5.13. The second kappa shape index (κ2) is 2.16. The summed E-state index contributed by atoms with van der Waals surface area (Å²) in [6.45, 7) is 0. The Balaban J connectivity index is 2.23. The van der Waals surface area contributed by atoms with E-state index in [9.17, 15) is 0 Å². The molecular formula is C12H16N+. The van der Waals surface area contributed by atoms with Gasteiger partial charge in [0.15, 0.2) is 0 Å². The summed E-state index contributed by atoms with van der Waals surface area (Å²) < 4.78 is 1.19. The van der Waals surface area contributed by atoms with Crippen LogP contribution in [0.4, 0.5) is 0 Å². The molecule has 1 aromatic carbocycles. The van der Waals surface area contributed by atoms with Crippen molar-refractivity contribution in [1.29, 1.82) is 0 Å². The van der Waals surface area contributed by atoms with Crippen molar-refractivity contribution < 1.29 is 4.48 Å². The van der Waals surface area contributed by atoms with Crippen LogP contribution in [-0.2, 0) is 0 Å². The molecule has 68 valence electrons. The first-order chi connectivity index (χ1) is 6.21. The normalized spacial score (nSPS) is 33.4. The first kappa shape index (κ1) is 7.57. The van der Waals surface area contributed by atoms with Crippen molar-refractivity contribution in [2.75, 3.05) is 14.1 Å². The molecule has 1 aromatic rings. The SMILES string of the molecule is C[N+]1(C)C2CCC1c1ccccc12. The number of fused-ring (bicyclic) bond motifs is 5. The standard InChI is InChI=1S/C12H16N/c1-13(2)11-7-8-12(13)10-6-4-3-5-9(10)11/h3-6,11-12H,7-8H2,1-2H3/q+1. The monoisotopic (exact) mass is 174 g/mol. The number of quaternary nitrogens is 1. The summed E-state index contributed by atoms with van der Waals surface area (Å²) >= 11 is 0. The number of benzene rings is 1. The second-order valence-electron chi connectivity index (χ2n) is 4.87. The maximum atomic E-state index is 2.38. The van der Waals surface area contributed by atoms with E-state index in [-0.39, 0.29) is 0 Å². The quantitative estimate of drug-likeness (QED) is 0.530. The zero-order chi connectivity index (χ0) is 9.05. The van der Waals surface area contributed by atoms with Gasteiger partial charge in [0.25, 0.3) is 0 Å². The number of hydrogen-bond donors (Lipinski definition) is 0. The minimum Gasteiger partial charge on any atom is -0.316 e. The molecule has 2 atom stereocenters. The molecule has 0 aliphatic carbocycles. The van der Waals surface area contributed by atoms with Gasteiger partial charge in [-0.25, -0.2) is 0 Å². The molecule has 2 unspecified atom stereocenters. The first-order valence-electron chi connectivity index (χ1n) is 5.13. The topological polar surface area (TPSA) is 0 Å². The zero-order valence-corrected chi connectivity index (χ0v) is 8.33. The molecule has 2 aliphatic rings. The lowest BCUT2D eigenvalue weighted by Crippen LogP contribution is -2.35. The van der Waals surface area contributed by atoms with Crippen LogP contribution < -0.4 is 0 Å². The van der Waals surface area contributed by atoms with Gasteiger partial charge in [0, 0.05) is 24.0 Å². The van der Waals surface area contributed by atoms with E-state index in [4.69, 9.17) is 0 Å². The fraction of sp³-hybridized carbons (Fsp3) is 0.500. The highest BCUT2D eigenvalue weighted by Gasteiger charge is 2.52. The molecule has 1 nitrogen and oxygen atoms in total. The van der Waals surface area contributed by atoms with Crippen LogP contribution in [0.3, 0.4) is 0 Å². The van der Waals surface area contributed by atoms with Crippen LogP contribution in [-0.4, -0.2) is 18.6 Å². The third-order valence-electron chi connectivity index (χ3n) is 4.03. The van der Waals surface area contributed by atoms with Crippen molar-refractivity contribution >= 4 is 0 Å². The van der Waals surface area contributed by atoms with Crippen molar-refractivity contribution in [3.8, 4) is 0 Å². The molecule has 1 saturated heterocycles. The molecule has 1 fully saturated rings. The lowest BCUT2D eigenvalue weighted by atomic mass is 9.92. The molecule has 0 spiro atoms. The third kappa shape index (κ3) is 0.761. The van der Waals surface area contributed by atoms with Crippen molar-refractivity contribution in [2.24, 2.45) is 0 Å². The summed E-state index contributed by atoms with van der Waals surface area (Å²) in [7, 11) is 4.75. The van der Waals surface area contributed by atoms with E-state index in [1.807, 2.05) is 0 Å². The summed E-state index contributed by atoms with van der Waals surface area (Å²) in [5.41, 5.74) is 3.23. The Morgan fingerprint density at radius 2 is 1.46 bits per heavy atom. The van der Waals surface area contributed by atoms with Gasteiger partial charge < -0.3 is 4.48 Å². The molecule has 0 aromatic heterocycles. The summed E-state index contributed by atoms with van der Waals surface area (Å²) in [4.78, 5) is 0. The zero-order valence-electron chi connectivity index (χ0n) is 8.33. The van der Waals surface area contributed by atoms with Crippen LogP contribution in [0.25, 0.3) is 0 Å². The van der Waals surface area contributed by atoms with E-state index < -0.39 is 0 Å². The van der Waals surface area contributed by atoms with E-state index >= 15 is 0 Å². The van der Waals surface area contributed by atoms with Crippen LogP contribution in [0.1, 0.15) is 36.1 Å². The Kier molecular flexibility index (Phi) is 1.26. The number of hydrogen-bond acceptors (Lipinski definition) is 0. The predicted molar refractivity (Wildman–Crippen MR) is 53.3 cm³/mol. The van der Waals surface area contributed by atoms with Gasteiger partial charge in [0.05, 0.1) is 14.1 Å². The Morgan fingerprint density at radius 1 is 1.00 bits per heavy atom. The summed E-state index contributed by atoms with van der Waals surface area (Å²) in [5, 5.41) is 0. The number of nitrogens with zero attached hydrogens (tertiary/aromatic N) is 1. The molecule has 13 heavy (non-hydrogen) atoms. The van der Waals surface area contributed by atoms with Crippen molar-refractivity contribution in [3.63, 3.8) is 0 Å². The van der Waals surface area contributed by atoms with Gasteiger partial charge in [-0.15, -0.1) is 0 Å². The molecule has 0 N–H and O–H groups in total. The van der Waals surface area contributed by atoms with Gasteiger partial charge in [-0.05, 0) is 0 Å². The predicted octanol–water partition coefficient (Wildman–Crippen LogP) is 2.65. The lowest BCUT2D eigenvalue weighted by Gasteiger charge is -2.30. The highest BCUT2D eigenvalue weighted by molar-refractivity contribution is 5.36. The highest BCUT2D eigenvalue weighted by atomic mass is 15.4. The molecule has 0 amide bonds. The smallest absolute Gasteiger partial charge is 0.115 e. The Bertz CT molecular complexity index is 321. The minimum atomic E-state index is 0.779. The second-order valence-corrected chi connectivity index (χ2v) is 4.87. The van der Waals surface area contributed by atoms with E-state index in [0.29, 0.717) is 0 Å². The van der Waals surface area contributed by atoms with Crippen LogP contribution in [0.2, 0.25) is 0 Å². The molecule has 2 aliphatic heterocycles. The average molecular weight is 174 g/mol. The summed E-state index contributed by atoms with van der Waals surface area (Å²) in [5.74, 6) is 0. The van der Waals surface area contributed by atoms with Gasteiger partial charge in [0.2, 0.25) is 0 Å². The minimum absolute atomic E-state index is 0.779. The van der Waals surface area contributed by atoms with Gasteiger partial charge in [0.1, 0.15) is 12.1 Å². The lowest BCUT2D eigenvalue weighted by molar-refractivity contribution is -0.929. The van der Waals surface area contributed by atoms with E-state index in [1.54, 1.807) is 11.1 Å². The van der Waals surface area contributed by atoms with E-state index in [2.05, 4.69) is 38.4 Å². The summed E-state index contributed by atoms with van der Waals surface area (Å²) in [6.07, 6.45) is 2.77. The fourth-order valence-corrected chi connectivity index (χ4v) is 3.34. The van der Waals surface area contributed by atoms with E-state index in [0.717, 1.165) is 12.1 Å². The molecule has 0 radical (unpaired) electrons. The number of rotatable bonds is 0. The van der Waals surface area contributed by atoms with Gasteiger partial charge in [-0.2, -0.15) is 0 Å².